The number of carbonyl (C=O) groups excluding carboxylic acids is 1. The van der Waals surface area contributed by atoms with E-state index >= 15 is 0 Å². The van der Waals surface area contributed by atoms with Gasteiger partial charge >= 0.3 is 0 Å². The van der Waals surface area contributed by atoms with Gasteiger partial charge in [0.25, 0.3) is 0 Å². The summed E-state index contributed by atoms with van der Waals surface area (Å²) >= 11 is 6.69. The van der Waals surface area contributed by atoms with Crippen molar-refractivity contribution in [2.75, 3.05) is 26.2 Å². The number of ether oxygens (including phenoxy) is 3. The van der Waals surface area contributed by atoms with Crippen LogP contribution in [-0.4, -0.2) is 46.9 Å². The summed E-state index contributed by atoms with van der Waals surface area (Å²) in [5.41, 5.74) is 8.35. The number of piperazine rings is 1. The number of hydrogen-bond donors (Lipinski definition) is 0. The van der Waals surface area contributed by atoms with Crippen molar-refractivity contribution in [2.24, 2.45) is 0 Å². The number of carbonyl (C=O) groups is 1. The summed E-state index contributed by atoms with van der Waals surface area (Å²) in [6.07, 6.45) is 3.53. The fourth-order valence-electron chi connectivity index (χ4n) is 6.22. The Bertz CT molecular complexity index is 1980. The minimum Gasteiger partial charge on any atom is -0.489 e. The maximum absolute atomic E-state index is 13.4. The fourth-order valence-corrected chi connectivity index (χ4v) is 6.54. The minimum absolute atomic E-state index is 0. The molecule has 0 spiro atoms. The Morgan fingerprint density at radius 3 is 1.98 bits per heavy atom. The standard InChI is InChI=1S/C45H48ClN3O4.BrH/c1-31(2)39-14-16-40(17-15-39)51-29-37-12-10-35(11-13-37)28-48-20-22-49(23-21-48)45(50)34(5)25-38-24-33(4)44(42(46)26-38)53-43-19-18-41(27-47-43)52-30-36-8-6-32(3)7-9-36;/h6-19,24-27,31H,20-23,28-30H2,1-5H3;1H. The maximum atomic E-state index is 13.4. The van der Waals surface area contributed by atoms with Crippen molar-refractivity contribution in [3.8, 4) is 23.1 Å². The molecule has 0 N–H and O–H groups in total. The van der Waals surface area contributed by atoms with Crippen LogP contribution in [0.15, 0.2) is 109 Å². The molecule has 6 rings (SSSR count). The van der Waals surface area contributed by atoms with Crippen LogP contribution in [0.1, 0.15) is 65.6 Å². The number of amides is 1. The summed E-state index contributed by atoms with van der Waals surface area (Å²) in [5.74, 6) is 3.02. The highest BCUT2D eigenvalue weighted by Gasteiger charge is 2.22. The van der Waals surface area contributed by atoms with E-state index in [0.29, 0.717) is 60.2 Å². The monoisotopic (exact) mass is 809 g/mol. The number of rotatable bonds is 13. The first kappa shape index (κ1) is 40.6. The SMILES string of the molecule is Br.CC(=Cc1cc(C)c(Oc2ccc(OCc3ccc(C)cc3)cn2)c(Cl)c1)C(=O)N1CCN(Cc2ccc(COc3ccc(C(C)C)cc3)cc2)CC1. The molecule has 0 radical (unpaired) electrons. The summed E-state index contributed by atoms with van der Waals surface area (Å²) < 4.78 is 17.9. The summed E-state index contributed by atoms with van der Waals surface area (Å²) in [6, 6.07) is 32.6. The van der Waals surface area contributed by atoms with E-state index in [1.165, 1.54) is 16.7 Å². The van der Waals surface area contributed by atoms with Crippen LogP contribution in [0.3, 0.4) is 0 Å². The molecule has 1 amide bonds. The summed E-state index contributed by atoms with van der Waals surface area (Å²) in [4.78, 5) is 22.1. The maximum Gasteiger partial charge on any atom is 0.249 e. The van der Waals surface area contributed by atoms with Crippen LogP contribution < -0.4 is 14.2 Å². The lowest BCUT2D eigenvalue weighted by molar-refractivity contribution is -0.128. The molecule has 7 nitrogen and oxygen atoms in total. The molecule has 2 heterocycles. The van der Waals surface area contributed by atoms with Gasteiger partial charge in [-0.1, -0.05) is 91.7 Å². The molecule has 54 heavy (non-hydrogen) atoms. The van der Waals surface area contributed by atoms with Crippen molar-refractivity contribution < 1.29 is 19.0 Å². The van der Waals surface area contributed by atoms with Crippen molar-refractivity contribution in [3.63, 3.8) is 0 Å². The van der Waals surface area contributed by atoms with Crippen molar-refractivity contribution >= 4 is 40.6 Å². The van der Waals surface area contributed by atoms with E-state index in [1.807, 2.05) is 55.2 Å². The highest BCUT2D eigenvalue weighted by molar-refractivity contribution is 8.93. The van der Waals surface area contributed by atoms with Gasteiger partial charge in [0, 0.05) is 44.4 Å². The zero-order valence-electron chi connectivity index (χ0n) is 31.7. The average Bonchev–Trinajstić information content (AvgIpc) is 3.16. The van der Waals surface area contributed by atoms with Crippen LogP contribution in [0.2, 0.25) is 5.02 Å². The van der Waals surface area contributed by atoms with Crippen molar-refractivity contribution in [3.05, 3.63) is 153 Å². The molecule has 0 aliphatic carbocycles. The van der Waals surface area contributed by atoms with E-state index in [2.05, 4.69) is 91.3 Å². The van der Waals surface area contributed by atoms with Crippen LogP contribution in [0.25, 0.3) is 6.08 Å². The van der Waals surface area contributed by atoms with Crippen LogP contribution in [0.5, 0.6) is 23.1 Å². The average molecular weight is 811 g/mol. The first-order valence-corrected chi connectivity index (χ1v) is 18.6. The molecule has 1 aromatic heterocycles. The Hall–Kier alpha value is -4.63. The molecule has 0 saturated carbocycles. The highest BCUT2D eigenvalue weighted by atomic mass is 79.9. The van der Waals surface area contributed by atoms with E-state index in [-0.39, 0.29) is 22.9 Å². The van der Waals surface area contributed by atoms with E-state index in [4.69, 9.17) is 25.8 Å². The van der Waals surface area contributed by atoms with E-state index in [0.717, 1.165) is 47.6 Å². The van der Waals surface area contributed by atoms with Gasteiger partial charge in [0.1, 0.15) is 24.7 Å². The smallest absolute Gasteiger partial charge is 0.249 e. The number of aryl methyl sites for hydroxylation is 2. The van der Waals surface area contributed by atoms with Gasteiger partial charge in [-0.15, -0.1) is 17.0 Å². The van der Waals surface area contributed by atoms with Crippen LogP contribution in [0.4, 0.5) is 0 Å². The number of pyridine rings is 1. The van der Waals surface area contributed by atoms with Gasteiger partial charge in [0.15, 0.2) is 5.75 Å². The third-order valence-corrected chi connectivity index (χ3v) is 9.74. The van der Waals surface area contributed by atoms with Gasteiger partial charge < -0.3 is 19.1 Å². The van der Waals surface area contributed by atoms with Crippen LogP contribution in [0, 0.1) is 13.8 Å². The molecular weight excluding hydrogens is 762 g/mol. The molecule has 1 aliphatic rings. The second-order valence-corrected chi connectivity index (χ2v) is 14.5. The van der Waals surface area contributed by atoms with Gasteiger partial charge in [-0.05, 0) is 96.5 Å². The summed E-state index contributed by atoms with van der Waals surface area (Å²) in [6.45, 7) is 15.1. The largest absolute Gasteiger partial charge is 0.489 e. The molecule has 0 bridgehead atoms. The van der Waals surface area contributed by atoms with Gasteiger partial charge in [-0.2, -0.15) is 0 Å². The van der Waals surface area contributed by atoms with Gasteiger partial charge in [-0.25, -0.2) is 4.98 Å². The lowest BCUT2D eigenvalue weighted by atomic mass is 10.0. The summed E-state index contributed by atoms with van der Waals surface area (Å²) in [5, 5.41) is 0.448. The molecule has 0 unspecified atom stereocenters. The quantitative estimate of drug-likeness (QED) is 0.110. The zero-order valence-corrected chi connectivity index (χ0v) is 34.1. The normalized spacial score (nSPS) is 13.4. The Morgan fingerprint density at radius 2 is 1.39 bits per heavy atom. The fraction of sp³-hybridized carbons (Fsp3) is 0.289. The van der Waals surface area contributed by atoms with Crippen LogP contribution in [-0.2, 0) is 24.6 Å². The number of hydrogen-bond acceptors (Lipinski definition) is 6. The molecule has 0 atom stereocenters. The predicted molar refractivity (Wildman–Crippen MR) is 223 cm³/mol. The Kier molecular flexibility index (Phi) is 14.3. The first-order valence-electron chi connectivity index (χ1n) is 18.2. The van der Waals surface area contributed by atoms with Gasteiger partial charge in [-0.3, -0.25) is 9.69 Å². The lowest BCUT2D eigenvalue weighted by Crippen LogP contribution is -2.48. The highest BCUT2D eigenvalue weighted by Crippen LogP contribution is 2.34. The second-order valence-electron chi connectivity index (χ2n) is 14.1. The van der Waals surface area contributed by atoms with Crippen molar-refractivity contribution in [1.82, 2.24) is 14.8 Å². The minimum atomic E-state index is 0. The molecule has 9 heteroatoms. The Labute approximate surface area is 335 Å². The van der Waals surface area contributed by atoms with Gasteiger partial charge in [0.05, 0.1) is 11.2 Å². The molecular formula is C45H49BrClN3O4. The van der Waals surface area contributed by atoms with Gasteiger partial charge in [0.2, 0.25) is 11.8 Å². The molecule has 4 aromatic carbocycles. The molecule has 282 valence electrons. The second kappa shape index (κ2) is 19.1. The topological polar surface area (TPSA) is 64.1 Å². The number of aromatic nitrogens is 1. The number of benzene rings is 4. The third kappa shape index (κ3) is 11.2. The Balaban J connectivity index is 0.00000561. The van der Waals surface area contributed by atoms with E-state index in [9.17, 15) is 4.79 Å². The molecule has 1 aliphatic heterocycles. The van der Waals surface area contributed by atoms with E-state index in [1.54, 1.807) is 12.3 Å². The Morgan fingerprint density at radius 1 is 0.796 bits per heavy atom. The van der Waals surface area contributed by atoms with Crippen molar-refractivity contribution in [1.29, 1.82) is 0 Å². The van der Waals surface area contributed by atoms with E-state index < -0.39 is 0 Å². The first-order chi connectivity index (χ1) is 25.6. The summed E-state index contributed by atoms with van der Waals surface area (Å²) in [7, 11) is 0. The predicted octanol–water partition coefficient (Wildman–Crippen LogP) is 10.8. The lowest BCUT2D eigenvalue weighted by Gasteiger charge is -2.35. The third-order valence-electron chi connectivity index (χ3n) is 9.46. The molecule has 1 saturated heterocycles. The molecule has 1 fully saturated rings. The van der Waals surface area contributed by atoms with Crippen LogP contribution >= 0.6 is 28.6 Å². The molecule has 5 aromatic rings. The number of nitrogens with zero attached hydrogens (tertiary/aromatic N) is 3. The number of halogens is 2. The van der Waals surface area contributed by atoms with Crippen molar-refractivity contribution in [2.45, 2.75) is 60.3 Å². The zero-order chi connectivity index (χ0) is 37.3.